The molecule has 7 heteroatoms. The summed E-state index contributed by atoms with van der Waals surface area (Å²) in [4.78, 5) is 16.5. The van der Waals surface area contributed by atoms with Crippen LogP contribution in [0.2, 0.25) is 0 Å². The Morgan fingerprint density at radius 2 is 1.77 bits per heavy atom. The predicted octanol–water partition coefficient (Wildman–Crippen LogP) is 3.84. The summed E-state index contributed by atoms with van der Waals surface area (Å²) >= 11 is 1.36. The van der Waals surface area contributed by atoms with Gasteiger partial charge in [0.1, 0.15) is 17.2 Å². The molecular weight excluding hydrogens is 352 g/mol. The van der Waals surface area contributed by atoms with Gasteiger partial charge < -0.3 is 14.2 Å². The number of carbonyl (C=O) groups is 1. The molecule has 0 bridgehead atoms. The summed E-state index contributed by atoms with van der Waals surface area (Å²) in [6.07, 6.45) is 0. The van der Waals surface area contributed by atoms with Crippen LogP contribution in [0.1, 0.15) is 0 Å². The van der Waals surface area contributed by atoms with Gasteiger partial charge >= 0.3 is 0 Å². The lowest BCUT2D eigenvalue weighted by Gasteiger charge is -2.06. The summed E-state index contributed by atoms with van der Waals surface area (Å²) in [6.45, 7) is -0.0968. The normalized spacial score (nSPS) is 10.2. The molecule has 0 radical (unpaired) electrons. The number of aromatic nitrogens is 1. The van der Waals surface area contributed by atoms with E-state index in [9.17, 15) is 4.79 Å². The number of thiazole rings is 1. The van der Waals surface area contributed by atoms with Crippen molar-refractivity contribution in [3.8, 4) is 28.5 Å². The number of hydrogen-bond acceptors (Lipinski definition) is 6. The second kappa shape index (κ2) is 8.35. The second-order valence-corrected chi connectivity index (χ2v) is 6.14. The Balaban J connectivity index is 1.56. The molecule has 0 saturated heterocycles. The number of benzene rings is 2. The minimum absolute atomic E-state index is 0.0968. The monoisotopic (exact) mass is 370 g/mol. The van der Waals surface area contributed by atoms with Gasteiger partial charge in [0.25, 0.3) is 5.91 Å². The molecule has 6 nitrogen and oxygen atoms in total. The smallest absolute Gasteiger partial charge is 0.264 e. The third-order valence-electron chi connectivity index (χ3n) is 3.55. The molecule has 26 heavy (non-hydrogen) atoms. The fourth-order valence-electron chi connectivity index (χ4n) is 2.22. The van der Waals surface area contributed by atoms with E-state index in [0.29, 0.717) is 10.9 Å². The molecule has 134 valence electrons. The van der Waals surface area contributed by atoms with E-state index in [-0.39, 0.29) is 12.5 Å². The molecule has 1 amide bonds. The zero-order valence-electron chi connectivity index (χ0n) is 14.4. The lowest BCUT2D eigenvalue weighted by Crippen LogP contribution is -2.20. The van der Waals surface area contributed by atoms with Gasteiger partial charge in [-0.15, -0.1) is 11.3 Å². The minimum atomic E-state index is -0.271. The fraction of sp³-hybridized carbons (Fsp3) is 0.158. The topological polar surface area (TPSA) is 69.7 Å². The number of rotatable bonds is 7. The molecule has 0 aliphatic rings. The first kappa shape index (κ1) is 17.8. The van der Waals surface area contributed by atoms with E-state index in [2.05, 4.69) is 10.3 Å². The van der Waals surface area contributed by atoms with Crippen LogP contribution in [0.15, 0.2) is 53.9 Å². The molecule has 0 atom stereocenters. The SMILES string of the molecule is COc1ccc(OCC(=O)Nc2nc(-c3cccc(OC)c3)cs2)cc1. The molecule has 3 rings (SSSR count). The van der Waals surface area contributed by atoms with Gasteiger partial charge in [-0.05, 0) is 36.4 Å². The molecule has 0 spiro atoms. The van der Waals surface area contributed by atoms with Gasteiger partial charge in [-0.3, -0.25) is 10.1 Å². The van der Waals surface area contributed by atoms with Crippen LogP contribution in [0.5, 0.6) is 17.2 Å². The third kappa shape index (κ3) is 4.52. The Morgan fingerprint density at radius 1 is 1.04 bits per heavy atom. The summed E-state index contributed by atoms with van der Waals surface area (Å²) in [5, 5.41) is 5.14. The zero-order chi connectivity index (χ0) is 18.4. The Labute approximate surface area is 155 Å². The van der Waals surface area contributed by atoms with Crippen LogP contribution >= 0.6 is 11.3 Å². The van der Waals surface area contributed by atoms with E-state index < -0.39 is 0 Å². The van der Waals surface area contributed by atoms with Crippen molar-refractivity contribution < 1.29 is 19.0 Å². The average molecular weight is 370 g/mol. The van der Waals surface area contributed by atoms with Gasteiger partial charge in [-0.25, -0.2) is 4.98 Å². The quantitative estimate of drug-likeness (QED) is 0.684. The van der Waals surface area contributed by atoms with Crippen molar-refractivity contribution in [1.29, 1.82) is 0 Å². The highest BCUT2D eigenvalue weighted by Crippen LogP contribution is 2.27. The van der Waals surface area contributed by atoms with Gasteiger partial charge in [0, 0.05) is 10.9 Å². The summed E-state index contributed by atoms with van der Waals surface area (Å²) in [7, 11) is 3.21. The first-order valence-corrected chi connectivity index (χ1v) is 8.72. The third-order valence-corrected chi connectivity index (χ3v) is 4.30. The summed E-state index contributed by atoms with van der Waals surface area (Å²) < 4.78 is 15.7. The molecule has 0 fully saturated rings. The van der Waals surface area contributed by atoms with Crippen molar-refractivity contribution in [3.63, 3.8) is 0 Å². The van der Waals surface area contributed by atoms with E-state index in [1.165, 1.54) is 11.3 Å². The maximum atomic E-state index is 12.0. The first-order chi connectivity index (χ1) is 12.7. The number of carbonyl (C=O) groups excluding carboxylic acids is 1. The molecule has 0 unspecified atom stereocenters. The van der Waals surface area contributed by atoms with E-state index in [1.54, 1.807) is 38.5 Å². The second-order valence-electron chi connectivity index (χ2n) is 5.28. The van der Waals surface area contributed by atoms with Crippen LogP contribution in [0.25, 0.3) is 11.3 Å². The van der Waals surface area contributed by atoms with Crippen LogP contribution in [-0.2, 0) is 4.79 Å². The molecule has 0 aliphatic heterocycles. The number of hydrogen-bond donors (Lipinski definition) is 1. The zero-order valence-corrected chi connectivity index (χ0v) is 15.2. The number of amides is 1. The molecule has 0 aliphatic carbocycles. The van der Waals surface area contributed by atoms with Crippen molar-refractivity contribution in [1.82, 2.24) is 4.98 Å². The van der Waals surface area contributed by atoms with Gasteiger partial charge in [0.15, 0.2) is 11.7 Å². The number of nitrogens with one attached hydrogen (secondary N) is 1. The van der Waals surface area contributed by atoms with Crippen molar-refractivity contribution in [3.05, 3.63) is 53.9 Å². The highest BCUT2D eigenvalue weighted by atomic mass is 32.1. The molecule has 1 N–H and O–H groups in total. The van der Waals surface area contributed by atoms with Crippen LogP contribution in [0.4, 0.5) is 5.13 Å². The van der Waals surface area contributed by atoms with Gasteiger partial charge in [-0.2, -0.15) is 0 Å². The lowest BCUT2D eigenvalue weighted by molar-refractivity contribution is -0.118. The number of ether oxygens (including phenoxy) is 3. The van der Waals surface area contributed by atoms with E-state index in [1.807, 2.05) is 29.6 Å². The molecular formula is C19H18N2O4S. The maximum absolute atomic E-state index is 12.0. The molecule has 0 saturated carbocycles. The van der Waals surface area contributed by atoms with Crippen molar-refractivity contribution in [2.45, 2.75) is 0 Å². The summed E-state index contributed by atoms with van der Waals surface area (Å²) in [5.74, 6) is 1.81. The highest BCUT2D eigenvalue weighted by Gasteiger charge is 2.09. The summed E-state index contributed by atoms with van der Waals surface area (Å²) in [6, 6.07) is 14.6. The first-order valence-electron chi connectivity index (χ1n) is 7.84. The Bertz CT molecular complexity index is 877. The van der Waals surface area contributed by atoms with Crippen LogP contribution in [-0.4, -0.2) is 31.7 Å². The van der Waals surface area contributed by atoms with Crippen molar-refractivity contribution in [2.75, 3.05) is 26.1 Å². The standard InChI is InChI=1S/C19H18N2O4S/c1-23-14-6-8-15(9-7-14)25-11-18(22)21-19-20-17(12-26-19)13-4-3-5-16(10-13)24-2/h3-10,12H,11H2,1-2H3,(H,20,21,22). The van der Waals surface area contributed by atoms with E-state index in [0.717, 1.165) is 22.8 Å². The van der Waals surface area contributed by atoms with Crippen LogP contribution in [0.3, 0.4) is 0 Å². The van der Waals surface area contributed by atoms with Crippen molar-refractivity contribution in [2.24, 2.45) is 0 Å². The number of methoxy groups -OCH3 is 2. The minimum Gasteiger partial charge on any atom is -0.497 e. The van der Waals surface area contributed by atoms with Crippen LogP contribution < -0.4 is 19.5 Å². The van der Waals surface area contributed by atoms with Crippen molar-refractivity contribution >= 4 is 22.4 Å². The largest absolute Gasteiger partial charge is 0.497 e. The fourth-order valence-corrected chi connectivity index (χ4v) is 2.96. The molecule has 3 aromatic rings. The van der Waals surface area contributed by atoms with Crippen LogP contribution in [0, 0.1) is 0 Å². The number of anilines is 1. The summed E-state index contributed by atoms with van der Waals surface area (Å²) in [5.41, 5.74) is 1.70. The highest BCUT2D eigenvalue weighted by molar-refractivity contribution is 7.14. The maximum Gasteiger partial charge on any atom is 0.264 e. The van der Waals surface area contributed by atoms with Gasteiger partial charge in [-0.1, -0.05) is 12.1 Å². The van der Waals surface area contributed by atoms with Gasteiger partial charge in [0.05, 0.1) is 19.9 Å². The molecule has 1 aromatic heterocycles. The Kier molecular flexibility index (Phi) is 5.70. The molecule has 1 heterocycles. The molecule has 2 aromatic carbocycles. The lowest BCUT2D eigenvalue weighted by atomic mass is 10.2. The Morgan fingerprint density at radius 3 is 2.50 bits per heavy atom. The van der Waals surface area contributed by atoms with E-state index in [4.69, 9.17) is 14.2 Å². The van der Waals surface area contributed by atoms with Gasteiger partial charge in [0.2, 0.25) is 0 Å². The van der Waals surface area contributed by atoms with E-state index >= 15 is 0 Å². The Hall–Kier alpha value is -3.06. The predicted molar refractivity (Wildman–Crippen MR) is 101 cm³/mol. The number of nitrogens with zero attached hydrogens (tertiary/aromatic N) is 1. The average Bonchev–Trinajstić information content (AvgIpc) is 3.15.